The van der Waals surface area contributed by atoms with Gasteiger partial charge in [0.2, 0.25) is 0 Å². The zero-order valence-corrected chi connectivity index (χ0v) is 8.04. The van der Waals surface area contributed by atoms with Crippen LogP contribution < -0.4 is 0 Å². The molecular formula is C8H9N3OS. The van der Waals surface area contributed by atoms with E-state index in [1.54, 1.807) is 6.07 Å². The van der Waals surface area contributed by atoms with E-state index in [-0.39, 0.29) is 12.3 Å². The summed E-state index contributed by atoms with van der Waals surface area (Å²) in [7, 11) is 0. The van der Waals surface area contributed by atoms with E-state index in [0.29, 0.717) is 4.88 Å². The van der Waals surface area contributed by atoms with Crippen molar-refractivity contribution in [2.24, 2.45) is 5.11 Å². The monoisotopic (exact) mass is 195 g/mol. The van der Waals surface area contributed by atoms with Gasteiger partial charge >= 0.3 is 0 Å². The maximum absolute atomic E-state index is 11.3. The lowest BCUT2D eigenvalue weighted by Crippen LogP contribution is -1.98. The molecule has 0 aliphatic heterocycles. The quantitative estimate of drug-likeness (QED) is 0.315. The van der Waals surface area contributed by atoms with Crippen molar-refractivity contribution in [2.75, 3.05) is 6.54 Å². The van der Waals surface area contributed by atoms with Crippen LogP contribution >= 0.6 is 11.3 Å². The minimum absolute atomic E-state index is 0.0832. The molecule has 0 N–H and O–H groups in total. The minimum atomic E-state index is -0.109. The molecule has 1 aromatic heterocycles. The first kappa shape index (κ1) is 9.77. The molecule has 0 fully saturated rings. The molecule has 0 saturated carbocycles. The number of nitrogens with zero attached hydrogens (tertiary/aromatic N) is 3. The molecular weight excluding hydrogens is 186 g/mol. The van der Waals surface area contributed by atoms with Crippen molar-refractivity contribution in [3.63, 3.8) is 0 Å². The lowest BCUT2D eigenvalue weighted by Gasteiger charge is -1.88. The molecule has 13 heavy (non-hydrogen) atoms. The van der Waals surface area contributed by atoms with Crippen molar-refractivity contribution in [3.05, 3.63) is 32.3 Å². The zero-order chi connectivity index (χ0) is 9.68. The third-order valence-electron chi connectivity index (χ3n) is 1.56. The molecule has 1 heterocycles. The highest BCUT2D eigenvalue weighted by Gasteiger charge is 2.06. The van der Waals surface area contributed by atoms with Crippen LogP contribution in [-0.2, 0) is 6.42 Å². The Labute approximate surface area is 79.8 Å². The molecule has 5 heteroatoms. The molecule has 1 aromatic rings. The van der Waals surface area contributed by atoms with E-state index in [9.17, 15) is 4.79 Å². The van der Waals surface area contributed by atoms with Gasteiger partial charge in [-0.05, 0) is 24.1 Å². The Kier molecular flexibility index (Phi) is 3.49. The molecule has 4 nitrogen and oxygen atoms in total. The van der Waals surface area contributed by atoms with Gasteiger partial charge in [-0.15, -0.1) is 11.3 Å². The summed E-state index contributed by atoms with van der Waals surface area (Å²) < 4.78 is 0. The maximum atomic E-state index is 11.3. The number of hydrogen-bond donors (Lipinski definition) is 0. The summed E-state index contributed by atoms with van der Waals surface area (Å²) >= 11 is 1.46. The van der Waals surface area contributed by atoms with Crippen LogP contribution in [0.1, 0.15) is 21.5 Å². The van der Waals surface area contributed by atoms with Crippen molar-refractivity contribution >= 4 is 17.1 Å². The molecule has 1 rings (SSSR count). The Morgan fingerprint density at radius 2 is 2.46 bits per heavy atom. The molecule has 0 aliphatic rings. The summed E-state index contributed by atoms with van der Waals surface area (Å²) in [6, 6.07) is 3.70. The Balaban J connectivity index is 2.71. The number of hydrogen-bond acceptors (Lipinski definition) is 3. The average Bonchev–Trinajstić information content (AvgIpc) is 2.62. The Morgan fingerprint density at radius 1 is 1.69 bits per heavy atom. The van der Waals surface area contributed by atoms with Gasteiger partial charge in [0.05, 0.1) is 11.4 Å². The van der Waals surface area contributed by atoms with Crippen LogP contribution in [0.3, 0.4) is 0 Å². The number of thiophene rings is 1. The number of carbonyl (C=O) groups is 1. The number of azide groups is 1. The van der Waals surface area contributed by atoms with Crippen molar-refractivity contribution in [3.8, 4) is 0 Å². The van der Waals surface area contributed by atoms with Crippen LogP contribution in [0.5, 0.6) is 0 Å². The summed E-state index contributed by atoms with van der Waals surface area (Å²) in [5, 5.41) is 3.22. The minimum Gasteiger partial charge on any atom is -0.293 e. The fourth-order valence-electron chi connectivity index (χ4n) is 0.892. The van der Waals surface area contributed by atoms with Crippen LogP contribution in [0.4, 0.5) is 0 Å². The SMILES string of the molecule is CCc1ccc(C(=O)CN=[N+]=[N-])s1. The van der Waals surface area contributed by atoms with Gasteiger partial charge in [0.15, 0.2) is 5.78 Å². The fraction of sp³-hybridized carbons (Fsp3) is 0.375. The van der Waals surface area contributed by atoms with Crippen LogP contribution in [-0.4, -0.2) is 12.3 Å². The second-order valence-corrected chi connectivity index (χ2v) is 3.60. The molecule has 68 valence electrons. The van der Waals surface area contributed by atoms with E-state index in [2.05, 4.69) is 10.0 Å². The maximum Gasteiger partial charge on any atom is 0.178 e. The van der Waals surface area contributed by atoms with Crippen LogP contribution in [0.15, 0.2) is 17.2 Å². The second kappa shape index (κ2) is 4.64. The zero-order valence-electron chi connectivity index (χ0n) is 7.23. The van der Waals surface area contributed by atoms with Crippen molar-refractivity contribution in [2.45, 2.75) is 13.3 Å². The number of ketones is 1. The fourth-order valence-corrected chi connectivity index (χ4v) is 1.77. The van der Waals surface area contributed by atoms with Gasteiger partial charge in [-0.1, -0.05) is 12.0 Å². The van der Waals surface area contributed by atoms with Gasteiger partial charge < -0.3 is 0 Å². The second-order valence-electron chi connectivity index (χ2n) is 2.43. The highest BCUT2D eigenvalue weighted by molar-refractivity contribution is 7.14. The van der Waals surface area contributed by atoms with Gasteiger partial charge in [0.1, 0.15) is 0 Å². The number of carbonyl (C=O) groups excluding carboxylic acids is 1. The van der Waals surface area contributed by atoms with Crippen LogP contribution in [0.2, 0.25) is 0 Å². The molecule has 0 unspecified atom stereocenters. The first-order valence-electron chi connectivity index (χ1n) is 3.90. The van der Waals surface area contributed by atoms with Crippen LogP contribution in [0.25, 0.3) is 10.4 Å². The van der Waals surface area contributed by atoms with Gasteiger partial charge in [0, 0.05) is 9.79 Å². The van der Waals surface area contributed by atoms with E-state index >= 15 is 0 Å². The average molecular weight is 195 g/mol. The summed E-state index contributed by atoms with van der Waals surface area (Å²) in [6.07, 6.45) is 0.930. The lowest BCUT2D eigenvalue weighted by atomic mass is 10.3. The van der Waals surface area contributed by atoms with E-state index in [1.807, 2.05) is 13.0 Å². The van der Waals surface area contributed by atoms with E-state index in [0.717, 1.165) is 6.42 Å². The van der Waals surface area contributed by atoms with E-state index in [1.165, 1.54) is 16.2 Å². The third kappa shape index (κ3) is 2.57. The largest absolute Gasteiger partial charge is 0.293 e. The highest BCUT2D eigenvalue weighted by atomic mass is 32.1. The summed E-state index contributed by atoms with van der Waals surface area (Å²) in [5.74, 6) is -0.109. The number of Topliss-reactive ketones (excluding diaryl/α,β-unsaturated/α-hetero) is 1. The van der Waals surface area contributed by atoms with Crippen LogP contribution in [0, 0.1) is 0 Å². The Morgan fingerprint density at radius 3 is 3.00 bits per heavy atom. The molecule has 0 bridgehead atoms. The van der Waals surface area contributed by atoms with Gasteiger partial charge in [-0.2, -0.15) is 0 Å². The first-order chi connectivity index (χ1) is 6.27. The third-order valence-corrected chi connectivity index (χ3v) is 2.83. The predicted octanol–water partition coefficient (Wildman–Crippen LogP) is 2.80. The highest BCUT2D eigenvalue weighted by Crippen LogP contribution is 2.17. The summed E-state index contributed by atoms with van der Waals surface area (Å²) in [5.41, 5.74) is 8.02. The number of rotatable bonds is 4. The smallest absolute Gasteiger partial charge is 0.178 e. The van der Waals surface area contributed by atoms with Gasteiger partial charge in [-0.3, -0.25) is 4.79 Å². The first-order valence-corrected chi connectivity index (χ1v) is 4.72. The standard InChI is InChI=1S/C8H9N3OS/c1-2-6-3-4-8(13-6)7(12)5-10-11-9/h3-4H,2,5H2,1H3. The molecule has 0 saturated heterocycles. The van der Waals surface area contributed by atoms with Gasteiger partial charge in [0.25, 0.3) is 0 Å². The molecule has 0 atom stereocenters. The van der Waals surface area contributed by atoms with Crippen molar-refractivity contribution < 1.29 is 4.79 Å². The Hall–Kier alpha value is -1.32. The molecule has 0 spiro atoms. The molecule has 0 aromatic carbocycles. The normalized spacial score (nSPS) is 9.31. The van der Waals surface area contributed by atoms with Crippen molar-refractivity contribution in [1.29, 1.82) is 0 Å². The molecule has 0 radical (unpaired) electrons. The lowest BCUT2D eigenvalue weighted by molar-refractivity contribution is 0.101. The van der Waals surface area contributed by atoms with E-state index in [4.69, 9.17) is 5.53 Å². The Bertz CT molecular complexity index is 352. The molecule has 0 aliphatic carbocycles. The van der Waals surface area contributed by atoms with Gasteiger partial charge in [-0.25, -0.2) is 0 Å². The number of aryl methyl sites for hydroxylation is 1. The summed E-state index contributed by atoms with van der Waals surface area (Å²) in [4.78, 5) is 15.7. The topological polar surface area (TPSA) is 65.8 Å². The predicted molar refractivity (Wildman–Crippen MR) is 52.0 cm³/mol. The van der Waals surface area contributed by atoms with E-state index < -0.39 is 0 Å². The van der Waals surface area contributed by atoms with Crippen molar-refractivity contribution in [1.82, 2.24) is 0 Å². The molecule has 0 amide bonds. The summed E-state index contributed by atoms with van der Waals surface area (Å²) in [6.45, 7) is 1.95.